The Labute approximate surface area is 176 Å². The lowest BCUT2D eigenvalue weighted by Gasteiger charge is -2.12. The number of carbonyl (C=O) groups excluding carboxylic acids is 1. The number of benzene rings is 1. The van der Waals surface area contributed by atoms with E-state index in [-0.39, 0.29) is 10.9 Å². The number of hydrogen-bond donors (Lipinski definition) is 1. The standard InChI is InChI=1S/C22H25N3O4S/c1-16-5-6-17(2)25(16)19-9-7-18(8-10-19)15-23-22(26)20-11-12-21(29-20)30(27,28)24-13-3-4-14-24/h5-12H,3-4,13-15H2,1-2H3,(H,23,26). The molecule has 30 heavy (non-hydrogen) atoms. The highest BCUT2D eigenvalue weighted by Gasteiger charge is 2.30. The first-order chi connectivity index (χ1) is 14.4. The summed E-state index contributed by atoms with van der Waals surface area (Å²) in [6, 6.07) is 14.8. The van der Waals surface area contributed by atoms with Gasteiger partial charge in [-0.25, -0.2) is 8.42 Å². The zero-order chi connectivity index (χ0) is 21.3. The molecule has 2 aromatic heterocycles. The van der Waals surface area contributed by atoms with Gasteiger partial charge in [0.15, 0.2) is 5.76 Å². The second kappa shape index (κ2) is 8.12. The lowest BCUT2D eigenvalue weighted by atomic mass is 10.2. The molecule has 8 heteroatoms. The van der Waals surface area contributed by atoms with Gasteiger partial charge < -0.3 is 14.3 Å². The van der Waals surface area contributed by atoms with Gasteiger partial charge in [-0.3, -0.25) is 4.79 Å². The van der Waals surface area contributed by atoms with Gasteiger partial charge in [-0.05, 0) is 68.7 Å². The van der Waals surface area contributed by atoms with Crippen molar-refractivity contribution in [2.24, 2.45) is 0 Å². The fraction of sp³-hybridized carbons (Fsp3) is 0.318. The van der Waals surface area contributed by atoms with Crippen molar-refractivity contribution in [3.8, 4) is 5.69 Å². The van der Waals surface area contributed by atoms with E-state index < -0.39 is 15.9 Å². The van der Waals surface area contributed by atoms with E-state index in [1.165, 1.54) is 16.4 Å². The van der Waals surface area contributed by atoms with Crippen LogP contribution in [0, 0.1) is 13.8 Å². The summed E-state index contributed by atoms with van der Waals surface area (Å²) in [6.45, 7) is 5.41. The molecule has 0 radical (unpaired) electrons. The van der Waals surface area contributed by atoms with E-state index in [0.717, 1.165) is 35.5 Å². The average molecular weight is 428 g/mol. The second-order valence-corrected chi connectivity index (χ2v) is 9.40. The highest BCUT2D eigenvalue weighted by molar-refractivity contribution is 7.89. The minimum absolute atomic E-state index is 0.0111. The maximum Gasteiger partial charge on any atom is 0.287 e. The SMILES string of the molecule is Cc1ccc(C)n1-c1ccc(CNC(=O)c2ccc(S(=O)(=O)N3CCCC3)o2)cc1. The predicted molar refractivity (Wildman–Crippen MR) is 113 cm³/mol. The fourth-order valence-corrected chi connectivity index (χ4v) is 5.17. The average Bonchev–Trinajstić information content (AvgIpc) is 3.49. The Bertz CT molecular complexity index is 1130. The largest absolute Gasteiger partial charge is 0.438 e. The molecule has 1 fully saturated rings. The van der Waals surface area contributed by atoms with Crippen LogP contribution >= 0.6 is 0 Å². The predicted octanol–water partition coefficient (Wildman–Crippen LogP) is 3.40. The first kappa shape index (κ1) is 20.4. The Hall–Kier alpha value is -2.84. The molecule has 1 amide bonds. The van der Waals surface area contributed by atoms with E-state index >= 15 is 0 Å². The molecule has 1 aliphatic rings. The summed E-state index contributed by atoms with van der Waals surface area (Å²) in [7, 11) is -3.67. The van der Waals surface area contributed by atoms with Gasteiger partial charge in [0, 0.05) is 36.7 Å². The molecule has 0 spiro atoms. The third kappa shape index (κ3) is 3.93. The van der Waals surface area contributed by atoms with E-state index in [0.29, 0.717) is 19.6 Å². The summed E-state index contributed by atoms with van der Waals surface area (Å²) < 4.78 is 34.0. The maximum absolute atomic E-state index is 12.5. The molecule has 1 N–H and O–H groups in total. The number of carbonyl (C=O) groups is 1. The maximum atomic E-state index is 12.5. The lowest BCUT2D eigenvalue weighted by Crippen LogP contribution is -2.27. The summed E-state index contributed by atoms with van der Waals surface area (Å²) in [4.78, 5) is 12.4. The molecule has 1 aliphatic heterocycles. The number of aromatic nitrogens is 1. The van der Waals surface area contributed by atoms with Crippen LogP contribution in [0.2, 0.25) is 0 Å². The van der Waals surface area contributed by atoms with Crippen molar-refractivity contribution < 1.29 is 17.6 Å². The molecule has 0 atom stereocenters. The van der Waals surface area contributed by atoms with Gasteiger partial charge in [0.1, 0.15) is 0 Å². The molecule has 3 aromatic rings. The summed E-state index contributed by atoms with van der Waals surface area (Å²) >= 11 is 0. The summed E-state index contributed by atoms with van der Waals surface area (Å²) in [5, 5.41) is 2.59. The van der Waals surface area contributed by atoms with E-state index in [1.54, 1.807) is 0 Å². The van der Waals surface area contributed by atoms with Gasteiger partial charge >= 0.3 is 0 Å². The monoisotopic (exact) mass is 427 g/mol. The van der Waals surface area contributed by atoms with E-state index in [4.69, 9.17) is 4.42 Å². The Morgan fingerprint density at radius 3 is 2.23 bits per heavy atom. The van der Waals surface area contributed by atoms with Crippen molar-refractivity contribution >= 4 is 15.9 Å². The van der Waals surface area contributed by atoms with Crippen LogP contribution in [-0.2, 0) is 16.6 Å². The molecule has 0 aliphatic carbocycles. The third-order valence-corrected chi connectivity index (χ3v) is 7.16. The van der Waals surface area contributed by atoms with Gasteiger partial charge in [-0.1, -0.05) is 12.1 Å². The second-order valence-electron chi connectivity index (χ2n) is 7.53. The van der Waals surface area contributed by atoms with E-state index in [2.05, 4.69) is 35.9 Å². The van der Waals surface area contributed by atoms with Crippen LogP contribution in [0.25, 0.3) is 5.69 Å². The van der Waals surface area contributed by atoms with Crippen molar-refractivity contribution in [3.63, 3.8) is 0 Å². The Balaban J connectivity index is 1.40. The van der Waals surface area contributed by atoms with Crippen molar-refractivity contribution in [1.82, 2.24) is 14.2 Å². The van der Waals surface area contributed by atoms with Crippen LogP contribution in [0.5, 0.6) is 0 Å². The number of nitrogens with zero attached hydrogens (tertiary/aromatic N) is 2. The number of nitrogens with one attached hydrogen (secondary N) is 1. The first-order valence-electron chi connectivity index (χ1n) is 9.99. The highest BCUT2D eigenvalue weighted by atomic mass is 32.2. The zero-order valence-corrected chi connectivity index (χ0v) is 17.9. The van der Waals surface area contributed by atoms with E-state index in [9.17, 15) is 13.2 Å². The summed E-state index contributed by atoms with van der Waals surface area (Å²) in [5.41, 5.74) is 4.32. The normalized spacial score (nSPS) is 14.9. The van der Waals surface area contributed by atoms with E-state index in [1.807, 2.05) is 24.3 Å². The molecule has 0 unspecified atom stereocenters. The summed E-state index contributed by atoms with van der Waals surface area (Å²) in [5.74, 6) is -0.456. The quantitative estimate of drug-likeness (QED) is 0.653. The van der Waals surface area contributed by atoms with Crippen LogP contribution in [-0.4, -0.2) is 36.3 Å². The molecule has 3 heterocycles. The number of sulfonamides is 1. The number of hydrogen-bond acceptors (Lipinski definition) is 4. The van der Waals surface area contributed by atoms with Crippen molar-refractivity contribution in [2.75, 3.05) is 13.1 Å². The third-order valence-electron chi connectivity index (χ3n) is 5.38. The molecule has 158 valence electrons. The van der Waals surface area contributed by atoms with Gasteiger partial charge in [0.25, 0.3) is 15.9 Å². The van der Waals surface area contributed by atoms with Crippen LogP contribution in [0.15, 0.2) is 58.0 Å². The van der Waals surface area contributed by atoms with Gasteiger partial charge in [-0.2, -0.15) is 4.31 Å². The van der Waals surface area contributed by atoms with Gasteiger partial charge in [0.05, 0.1) is 0 Å². The van der Waals surface area contributed by atoms with Crippen molar-refractivity contribution in [3.05, 3.63) is 71.2 Å². The first-order valence-corrected chi connectivity index (χ1v) is 11.4. The highest BCUT2D eigenvalue weighted by Crippen LogP contribution is 2.23. The molecule has 1 aromatic carbocycles. The number of amides is 1. The minimum Gasteiger partial charge on any atom is -0.438 e. The molecule has 0 saturated carbocycles. The van der Waals surface area contributed by atoms with Crippen LogP contribution < -0.4 is 5.32 Å². The molecular formula is C22H25N3O4S. The minimum atomic E-state index is -3.67. The molecular weight excluding hydrogens is 402 g/mol. The number of aryl methyl sites for hydroxylation is 2. The van der Waals surface area contributed by atoms with Crippen molar-refractivity contribution in [1.29, 1.82) is 0 Å². The molecule has 1 saturated heterocycles. The van der Waals surface area contributed by atoms with Gasteiger partial charge in [0.2, 0.25) is 5.09 Å². The number of rotatable bonds is 6. The fourth-order valence-electron chi connectivity index (χ4n) is 3.74. The van der Waals surface area contributed by atoms with Crippen LogP contribution in [0.4, 0.5) is 0 Å². The molecule has 4 rings (SSSR count). The lowest BCUT2D eigenvalue weighted by molar-refractivity contribution is 0.0917. The topological polar surface area (TPSA) is 84.5 Å². The van der Waals surface area contributed by atoms with Gasteiger partial charge in [-0.15, -0.1) is 0 Å². The Morgan fingerprint density at radius 2 is 1.60 bits per heavy atom. The van der Waals surface area contributed by atoms with Crippen LogP contribution in [0.3, 0.4) is 0 Å². The Morgan fingerprint density at radius 1 is 0.967 bits per heavy atom. The van der Waals surface area contributed by atoms with Crippen molar-refractivity contribution in [2.45, 2.75) is 38.3 Å². The molecule has 0 bridgehead atoms. The Kier molecular flexibility index (Phi) is 5.53. The smallest absolute Gasteiger partial charge is 0.287 e. The molecule has 7 nitrogen and oxygen atoms in total. The van der Waals surface area contributed by atoms with Crippen LogP contribution in [0.1, 0.15) is 40.3 Å². The summed E-state index contributed by atoms with van der Waals surface area (Å²) in [6.07, 6.45) is 1.69. The zero-order valence-electron chi connectivity index (χ0n) is 17.1. The number of furan rings is 1.